The highest BCUT2D eigenvalue weighted by Crippen LogP contribution is 2.23. The molecule has 0 spiro atoms. The second kappa shape index (κ2) is 9.85. The fourth-order valence-corrected chi connectivity index (χ4v) is 2.65. The van der Waals surface area contributed by atoms with E-state index in [2.05, 4.69) is 17.2 Å². The standard InChI is InChI=1S/C20H20ClN3O2S/c1-3-11-22-20(27)24(2)13-18(25)23-17-10-9-15(21)12-16(17)19(26)14-7-5-4-6-8-14/h3-10,12H,1,11,13H2,2H3,(H,22,27)(H,23,25). The zero-order valence-electron chi connectivity index (χ0n) is 14.9. The summed E-state index contributed by atoms with van der Waals surface area (Å²) in [6, 6.07) is 13.6. The Labute approximate surface area is 169 Å². The summed E-state index contributed by atoms with van der Waals surface area (Å²) in [5.41, 5.74) is 1.25. The van der Waals surface area contributed by atoms with Crippen molar-refractivity contribution in [3.8, 4) is 0 Å². The number of halogens is 1. The number of hydrogen-bond acceptors (Lipinski definition) is 3. The van der Waals surface area contributed by atoms with Gasteiger partial charge in [-0.3, -0.25) is 9.59 Å². The van der Waals surface area contributed by atoms with Crippen molar-refractivity contribution in [3.05, 3.63) is 77.3 Å². The molecule has 0 bridgehead atoms. The molecule has 0 heterocycles. The molecule has 2 rings (SSSR count). The SMILES string of the molecule is C=CCNC(=S)N(C)CC(=O)Nc1ccc(Cl)cc1C(=O)c1ccccc1. The summed E-state index contributed by atoms with van der Waals surface area (Å²) in [6.07, 6.45) is 1.68. The molecule has 0 aliphatic carbocycles. The smallest absolute Gasteiger partial charge is 0.243 e. The van der Waals surface area contributed by atoms with Crippen molar-refractivity contribution >= 4 is 46.3 Å². The first-order valence-corrected chi connectivity index (χ1v) is 9.00. The molecule has 0 radical (unpaired) electrons. The van der Waals surface area contributed by atoms with Gasteiger partial charge in [0, 0.05) is 29.7 Å². The van der Waals surface area contributed by atoms with Crippen molar-refractivity contribution < 1.29 is 9.59 Å². The lowest BCUT2D eigenvalue weighted by atomic mass is 10.0. The highest BCUT2D eigenvalue weighted by Gasteiger charge is 2.17. The minimum absolute atomic E-state index is 0.0323. The van der Waals surface area contributed by atoms with Crippen LogP contribution in [0.4, 0.5) is 5.69 Å². The lowest BCUT2D eigenvalue weighted by Crippen LogP contribution is -2.41. The van der Waals surface area contributed by atoms with Gasteiger partial charge in [-0.15, -0.1) is 6.58 Å². The molecule has 0 unspecified atom stereocenters. The van der Waals surface area contributed by atoms with Crippen LogP contribution in [0.15, 0.2) is 61.2 Å². The number of thiocarbonyl (C=S) groups is 1. The Kier molecular flexibility index (Phi) is 7.52. The quantitative estimate of drug-likeness (QED) is 0.422. The summed E-state index contributed by atoms with van der Waals surface area (Å²) in [5.74, 6) is -0.519. The average molecular weight is 402 g/mol. The maximum Gasteiger partial charge on any atom is 0.243 e. The number of carbonyl (C=O) groups excluding carboxylic acids is 2. The van der Waals surface area contributed by atoms with Gasteiger partial charge < -0.3 is 15.5 Å². The van der Waals surface area contributed by atoms with Crippen molar-refractivity contribution in [2.24, 2.45) is 0 Å². The molecular formula is C20H20ClN3O2S. The lowest BCUT2D eigenvalue weighted by Gasteiger charge is -2.20. The van der Waals surface area contributed by atoms with Crippen LogP contribution >= 0.6 is 23.8 Å². The lowest BCUT2D eigenvalue weighted by molar-refractivity contribution is -0.116. The van der Waals surface area contributed by atoms with E-state index in [4.69, 9.17) is 23.8 Å². The molecular weight excluding hydrogens is 382 g/mol. The summed E-state index contributed by atoms with van der Waals surface area (Å²) >= 11 is 11.2. The fraction of sp³-hybridized carbons (Fsp3) is 0.150. The van der Waals surface area contributed by atoms with E-state index < -0.39 is 0 Å². The van der Waals surface area contributed by atoms with Gasteiger partial charge in [0.15, 0.2) is 10.9 Å². The van der Waals surface area contributed by atoms with Gasteiger partial charge in [0.25, 0.3) is 0 Å². The van der Waals surface area contributed by atoms with Crippen LogP contribution in [0.2, 0.25) is 5.02 Å². The number of nitrogens with one attached hydrogen (secondary N) is 2. The third-order valence-corrected chi connectivity index (χ3v) is 4.35. The molecule has 0 aliphatic rings. The first kappa shape index (κ1) is 20.6. The van der Waals surface area contributed by atoms with Gasteiger partial charge in [-0.05, 0) is 30.4 Å². The Morgan fingerprint density at radius 2 is 1.93 bits per heavy atom. The monoisotopic (exact) mass is 401 g/mol. The van der Waals surface area contributed by atoms with E-state index in [-0.39, 0.29) is 18.2 Å². The third-order valence-electron chi connectivity index (χ3n) is 3.66. The number of likely N-dealkylation sites (N-methyl/N-ethyl adjacent to an activating group) is 1. The highest BCUT2D eigenvalue weighted by molar-refractivity contribution is 7.80. The molecule has 0 saturated heterocycles. The molecule has 5 nitrogen and oxygen atoms in total. The molecule has 2 N–H and O–H groups in total. The summed E-state index contributed by atoms with van der Waals surface area (Å²) in [5, 5.41) is 6.56. The zero-order valence-corrected chi connectivity index (χ0v) is 16.4. The van der Waals surface area contributed by atoms with E-state index in [9.17, 15) is 9.59 Å². The van der Waals surface area contributed by atoms with Gasteiger partial charge in [-0.2, -0.15) is 0 Å². The Hall–Kier alpha value is -2.70. The second-order valence-electron chi connectivity index (χ2n) is 5.76. The van der Waals surface area contributed by atoms with Crippen LogP contribution in [0, 0.1) is 0 Å². The fourth-order valence-electron chi connectivity index (χ4n) is 2.33. The van der Waals surface area contributed by atoms with Crippen LogP contribution < -0.4 is 10.6 Å². The maximum atomic E-state index is 12.8. The van der Waals surface area contributed by atoms with Crippen LogP contribution in [0.1, 0.15) is 15.9 Å². The van der Waals surface area contributed by atoms with Crippen molar-refractivity contribution in [1.29, 1.82) is 0 Å². The van der Waals surface area contributed by atoms with E-state index in [0.717, 1.165) is 0 Å². The molecule has 140 valence electrons. The van der Waals surface area contributed by atoms with E-state index in [1.165, 1.54) is 0 Å². The minimum Gasteiger partial charge on any atom is -0.359 e. The summed E-state index contributed by atoms with van der Waals surface area (Å²) in [4.78, 5) is 26.8. The topological polar surface area (TPSA) is 61.4 Å². The molecule has 7 heteroatoms. The van der Waals surface area contributed by atoms with Crippen LogP contribution in [-0.4, -0.2) is 41.8 Å². The molecule has 0 aliphatic heterocycles. The van der Waals surface area contributed by atoms with E-state index in [0.29, 0.717) is 33.5 Å². The van der Waals surface area contributed by atoms with Crippen LogP contribution in [-0.2, 0) is 4.79 Å². The van der Waals surface area contributed by atoms with Gasteiger partial charge in [0.05, 0.1) is 12.2 Å². The van der Waals surface area contributed by atoms with Crippen molar-refractivity contribution in [2.75, 3.05) is 25.5 Å². The van der Waals surface area contributed by atoms with Crippen molar-refractivity contribution in [3.63, 3.8) is 0 Å². The van der Waals surface area contributed by atoms with Crippen LogP contribution in [0.25, 0.3) is 0 Å². The highest BCUT2D eigenvalue weighted by atomic mass is 35.5. The second-order valence-corrected chi connectivity index (χ2v) is 6.59. The Morgan fingerprint density at radius 3 is 2.59 bits per heavy atom. The molecule has 1 amide bonds. The van der Waals surface area contributed by atoms with E-state index >= 15 is 0 Å². The molecule has 0 saturated carbocycles. The van der Waals surface area contributed by atoms with E-state index in [1.54, 1.807) is 60.5 Å². The van der Waals surface area contributed by atoms with Crippen molar-refractivity contribution in [2.45, 2.75) is 0 Å². The predicted octanol–water partition coefficient (Wildman–Crippen LogP) is 3.50. The first-order valence-electron chi connectivity index (χ1n) is 8.21. The van der Waals surface area contributed by atoms with Gasteiger partial charge >= 0.3 is 0 Å². The average Bonchev–Trinajstić information content (AvgIpc) is 2.67. The Balaban J connectivity index is 2.14. The number of anilines is 1. The number of ketones is 1. The van der Waals surface area contributed by atoms with Crippen LogP contribution in [0.3, 0.4) is 0 Å². The predicted molar refractivity (Wildman–Crippen MR) is 113 cm³/mol. The van der Waals surface area contributed by atoms with Crippen molar-refractivity contribution in [1.82, 2.24) is 10.2 Å². The van der Waals surface area contributed by atoms with Crippen LogP contribution in [0.5, 0.6) is 0 Å². The molecule has 0 fully saturated rings. The number of hydrogen-bond donors (Lipinski definition) is 2. The number of nitrogens with zero attached hydrogens (tertiary/aromatic N) is 1. The number of rotatable bonds is 7. The summed E-state index contributed by atoms with van der Waals surface area (Å²) < 4.78 is 0. The van der Waals surface area contributed by atoms with Gasteiger partial charge in [0.1, 0.15) is 0 Å². The van der Waals surface area contributed by atoms with E-state index in [1.807, 2.05) is 6.07 Å². The third kappa shape index (κ3) is 5.91. The zero-order chi connectivity index (χ0) is 19.8. The van der Waals surface area contributed by atoms with Gasteiger partial charge in [-0.25, -0.2) is 0 Å². The minimum atomic E-state index is -0.301. The number of benzene rings is 2. The Bertz CT molecular complexity index is 856. The Morgan fingerprint density at radius 1 is 1.22 bits per heavy atom. The number of amides is 1. The summed E-state index contributed by atoms with van der Waals surface area (Å²) in [6.45, 7) is 4.15. The molecule has 0 atom stereocenters. The number of carbonyl (C=O) groups is 2. The first-order chi connectivity index (χ1) is 12.9. The maximum absolute atomic E-state index is 12.8. The molecule has 2 aromatic carbocycles. The largest absolute Gasteiger partial charge is 0.359 e. The van der Waals surface area contributed by atoms with Gasteiger partial charge in [0.2, 0.25) is 5.91 Å². The normalized spacial score (nSPS) is 10.0. The molecule has 0 aromatic heterocycles. The molecule has 27 heavy (non-hydrogen) atoms. The molecule has 2 aromatic rings. The van der Waals surface area contributed by atoms with Gasteiger partial charge in [-0.1, -0.05) is 48.0 Å². The summed E-state index contributed by atoms with van der Waals surface area (Å²) in [7, 11) is 1.70.